The lowest BCUT2D eigenvalue weighted by Gasteiger charge is -2.20. The van der Waals surface area contributed by atoms with E-state index >= 15 is 0 Å². The molecular weight excluding hydrogens is 637 g/mol. The highest BCUT2D eigenvalue weighted by molar-refractivity contribution is 7.47. The van der Waals surface area contributed by atoms with Gasteiger partial charge in [-0.05, 0) is 44.9 Å². The minimum absolute atomic E-state index is 0.160. The number of nitrogens with two attached hydrogens (primary N) is 1. The predicted octanol–water partition coefficient (Wildman–Crippen LogP) is 8.72. The maximum atomic E-state index is 12.5. The summed E-state index contributed by atoms with van der Waals surface area (Å²) in [6.45, 7) is 2.71. The summed E-state index contributed by atoms with van der Waals surface area (Å²) in [4.78, 5) is 45.6. The van der Waals surface area contributed by atoms with Crippen molar-refractivity contribution in [3.63, 3.8) is 0 Å². The number of hydrogen-bond donors (Lipinski definition) is 3. The Labute approximate surface area is 290 Å². The van der Waals surface area contributed by atoms with Gasteiger partial charge in [-0.1, -0.05) is 122 Å². The fraction of sp³-hybridized carbons (Fsp3) is 0.806. The van der Waals surface area contributed by atoms with E-state index in [4.69, 9.17) is 24.8 Å². The molecule has 11 nitrogen and oxygen atoms in total. The molecule has 0 aromatic heterocycles. The zero-order valence-electron chi connectivity index (χ0n) is 29.8. The van der Waals surface area contributed by atoms with Crippen molar-refractivity contribution in [3.05, 3.63) is 24.3 Å². The zero-order valence-corrected chi connectivity index (χ0v) is 30.7. The first-order valence-electron chi connectivity index (χ1n) is 18.4. The number of unbranched alkanes of at least 4 members (excludes halogenated alkanes) is 16. The molecule has 48 heavy (non-hydrogen) atoms. The zero-order chi connectivity index (χ0) is 35.7. The molecule has 0 saturated heterocycles. The Morgan fingerprint density at radius 1 is 0.646 bits per heavy atom. The minimum atomic E-state index is -4.70. The van der Waals surface area contributed by atoms with Gasteiger partial charge in [-0.3, -0.25) is 23.4 Å². The lowest BCUT2D eigenvalue weighted by molar-refractivity contribution is -0.161. The first-order valence-corrected chi connectivity index (χ1v) is 19.9. The molecule has 0 aliphatic heterocycles. The van der Waals surface area contributed by atoms with Gasteiger partial charge in [0.1, 0.15) is 12.6 Å². The van der Waals surface area contributed by atoms with Crippen molar-refractivity contribution >= 4 is 25.7 Å². The van der Waals surface area contributed by atoms with Gasteiger partial charge in [-0.2, -0.15) is 0 Å². The Morgan fingerprint density at radius 2 is 1.10 bits per heavy atom. The molecule has 0 radical (unpaired) electrons. The molecule has 0 rings (SSSR count). The number of hydrogen-bond acceptors (Lipinski definition) is 9. The molecule has 0 spiro atoms. The molecule has 0 bridgehead atoms. The highest BCUT2D eigenvalue weighted by Crippen LogP contribution is 2.43. The number of phosphoric acid groups is 1. The van der Waals surface area contributed by atoms with Gasteiger partial charge in [-0.25, -0.2) is 4.57 Å². The molecule has 0 heterocycles. The van der Waals surface area contributed by atoms with Crippen LogP contribution in [0, 0.1) is 0 Å². The minimum Gasteiger partial charge on any atom is -0.480 e. The quantitative estimate of drug-likeness (QED) is 0.0253. The number of carboxylic acid groups (broad SMARTS) is 1. The highest BCUT2D eigenvalue weighted by atomic mass is 31.2. The van der Waals surface area contributed by atoms with Crippen molar-refractivity contribution in [2.45, 2.75) is 167 Å². The number of carboxylic acids is 1. The van der Waals surface area contributed by atoms with E-state index in [-0.39, 0.29) is 19.4 Å². The standard InChI is InChI=1S/C36H66NO10P/c1-3-5-7-9-11-13-14-15-16-17-18-20-21-23-25-27-34(38)44-29-32(30-45-48(42,43)46-31-33(37)36(40)41)47-35(39)28-26-24-22-19-12-10-8-6-4-2/h11,13,15-16,32-33H,3-10,12,14,17-31,37H2,1-2H3,(H,40,41)(H,42,43)/b13-11+,16-15+/t32-,33+/m0/s1. The van der Waals surface area contributed by atoms with E-state index in [2.05, 4.69) is 42.7 Å². The number of carbonyl (C=O) groups excluding carboxylic acids is 2. The molecule has 0 aromatic rings. The van der Waals surface area contributed by atoms with Crippen LogP contribution in [0.15, 0.2) is 24.3 Å². The Balaban J connectivity index is 4.44. The number of ether oxygens (including phenoxy) is 2. The lowest BCUT2D eigenvalue weighted by Crippen LogP contribution is -2.34. The van der Waals surface area contributed by atoms with E-state index in [9.17, 15) is 23.8 Å². The summed E-state index contributed by atoms with van der Waals surface area (Å²) < 4.78 is 32.4. The molecule has 0 aliphatic carbocycles. The first kappa shape index (κ1) is 46.0. The van der Waals surface area contributed by atoms with E-state index in [1.807, 2.05) is 0 Å². The SMILES string of the molecule is CCCCC/C=C/C/C=C/CCCCCCCC(=O)OC[C@@H](COP(=O)(O)OC[C@@H](N)C(=O)O)OC(=O)CCCCCCCCCCC. The monoisotopic (exact) mass is 703 g/mol. The summed E-state index contributed by atoms with van der Waals surface area (Å²) in [5, 5.41) is 8.84. The van der Waals surface area contributed by atoms with Crippen molar-refractivity contribution in [2.24, 2.45) is 5.73 Å². The third-order valence-corrected chi connectivity index (χ3v) is 8.65. The third-order valence-electron chi connectivity index (χ3n) is 7.70. The lowest BCUT2D eigenvalue weighted by atomic mass is 10.1. The molecule has 12 heteroatoms. The molecule has 1 unspecified atom stereocenters. The van der Waals surface area contributed by atoms with Crippen LogP contribution in [0.2, 0.25) is 0 Å². The Kier molecular flexibility index (Phi) is 30.8. The molecule has 0 aliphatic rings. The first-order chi connectivity index (χ1) is 23.1. The molecule has 280 valence electrons. The second kappa shape index (κ2) is 32.2. The Hall–Kier alpha value is -2.04. The molecule has 3 atom stereocenters. The molecule has 0 amide bonds. The smallest absolute Gasteiger partial charge is 0.472 e. The number of carbonyl (C=O) groups is 3. The predicted molar refractivity (Wildman–Crippen MR) is 189 cm³/mol. The van der Waals surface area contributed by atoms with Gasteiger partial charge in [-0.15, -0.1) is 0 Å². The van der Waals surface area contributed by atoms with Gasteiger partial charge < -0.3 is 25.2 Å². The Bertz CT molecular complexity index is 926. The van der Waals surface area contributed by atoms with Crippen LogP contribution < -0.4 is 5.73 Å². The third kappa shape index (κ3) is 31.2. The fourth-order valence-corrected chi connectivity index (χ4v) is 5.52. The van der Waals surface area contributed by atoms with Crippen LogP contribution in [0.25, 0.3) is 0 Å². The number of rotatable bonds is 34. The van der Waals surface area contributed by atoms with E-state index in [0.717, 1.165) is 64.2 Å². The van der Waals surface area contributed by atoms with Gasteiger partial charge in [0.15, 0.2) is 6.10 Å². The largest absolute Gasteiger partial charge is 0.480 e. The van der Waals surface area contributed by atoms with Gasteiger partial charge in [0.25, 0.3) is 0 Å². The summed E-state index contributed by atoms with van der Waals surface area (Å²) in [5.74, 6) is -2.40. The van der Waals surface area contributed by atoms with Crippen molar-refractivity contribution in [1.29, 1.82) is 0 Å². The number of esters is 2. The molecular formula is C36H66NO10P. The van der Waals surface area contributed by atoms with Crippen LogP contribution in [-0.2, 0) is 37.5 Å². The number of allylic oxidation sites excluding steroid dienone is 4. The second-order valence-corrected chi connectivity index (χ2v) is 13.8. The summed E-state index contributed by atoms with van der Waals surface area (Å²) in [7, 11) is -4.70. The summed E-state index contributed by atoms with van der Waals surface area (Å²) in [5.41, 5.74) is 5.30. The van der Waals surface area contributed by atoms with Crippen molar-refractivity contribution in [3.8, 4) is 0 Å². The van der Waals surface area contributed by atoms with E-state index in [1.54, 1.807) is 0 Å². The topological polar surface area (TPSA) is 172 Å². The van der Waals surface area contributed by atoms with E-state index < -0.39 is 51.1 Å². The number of phosphoric ester groups is 1. The van der Waals surface area contributed by atoms with Crippen LogP contribution in [-0.4, -0.2) is 59.9 Å². The second-order valence-electron chi connectivity index (χ2n) is 12.4. The molecule has 0 saturated carbocycles. The fourth-order valence-electron chi connectivity index (χ4n) is 4.74. The van der Waals surface area contributed by atoms with Crippen LogP contribution in [0.3, 0.4) is 0 Å². The van der Waals surface area contributed by atoms with Crippen molar-refractivity contribution in [1.82, 2.24) is 0 Å². The molecule has 4 N–H and O–H groups in total. The average molecular weight is 704 g/mol. The van der Waals surface area contributed by atoms with E-state index in [1.165, 1.54) is 51.4 Å². The molecule has 0 fully saturated rings. The highest BCUT2D eigenvalue weighted by Gasteiger charge is 2.28. The van der Waals surface area contributed by atoms with Crippen molar-refractivity contribution in [2.75, 3.05) is 19.8 Å². The van der Waals surface area contributed by atoms with E-state index in [0.29, 0.717) is 12.8 Å². The summed E-state index contributed by atoms with van der Waals surface area (Å²) >= 11 is 0. The Morgan fingerprint density at radius 3 is 1.67 bits per heavy atom. The maximum absolute atomic E-state index is 12.5. The summed E-state index contributed by atoms with van der Waals surface area (Å²) in [6, 6.07) is -1.52. The van der Waals surface area contributed by atoms with Crippen LogP contribution >= 0.6 is 7.82 Å². The van der Waals surface area contributed by atoms with Gasteiger partial charge in [0.2, 0.25) is 0 Å². The summed E-state index contributed by atoms with van der Waals surface area (Å²) in [6.07, 6.45) is 29.7. The van der Waals surface area contributed by atoms with Gasteiger partial charge >= 0.3 is 25.7 Å². The number of aliphatic carboxylic acids is 1. The van der Waals surface area contributed by atoms with Crippen molar-refractivity contribution < 1.29 is 47.5 Å². The maximum Gasteiger partial charge on any atom is 0.472 e. The van der Waals surface area contributed by atoms with Gasteiger partial charge in [0, 0.05) is 12.8 Å². The van der Waals surface area contributed by atoms with Gasteiger partial charge in [0.05, 0.1) is 13.2 Å². The van der Waals surface area contributed by atoms with Crippen LogP contribution in [0.4, 0.5) is 0 Å². The van der Waals surface area contributed by atoms with Crippen LogP contribution in [0.1, 0.15) is 155 Å². The average Bonchev–Trinajstić information content (AvgIpc) is 3.05. The normalized spacial score (nSPS) is 14.2. The molecule has 0 aromatic carbocycles. The van der Waals surface area contributed by atoms with Crippen LogP contribution in [0.5, 0.6) is 0 Å².